The van der Waals surface area contributed by atoms with E-state index >= 15 is 0 Å². The molecule has 0 bridgehead atoms. The summed E-state index contributed by atoms with van der Waals surface area (Å²) in [7, 11) is 0. The van der Waals surface area contributed by atoms with Gasteiger partial charge >= 0.3 is 6.09 Å². The number of rotatable bonds is 6. The summed E-state index contributed by atoms with van der Waals surface area (Å²) in [4.78, 5) is 37.8. The summed E-state index contributed by atoms with van der Waals surface area (Å²) in [5, 5.41) is 13.0. The van der Waals surface area contributed by atoms with E-state index in [1.165, 1.54) is 0 Å². The maximum Gasteiger partial charge on any atom is 0.410 e. The molecule has 2 aliphatic heterocycles. The molecular formula is C31H37N7O4. The van der Waals surface area contributed by atoms with E-state index in [0.29, 0.717) is 62.3 Å². The maximum absolute atomic E-state index is 12.5. The van der Waals surface area contributed by atoms with Gasteiger partial charge in [-0.2, -0.15) is 5.26 Å². The minimum absolute atomic E-state index is 0.0423. The van der Waals surface area contributed by atoms with Crippen LogP contribution < -0.4 is 15.0 Å². The number of fused-ring (bicyclic) bond motifs is 1. The van der Waals surface area contributed by atoms with Gasteiger partial charge in [-0.3, -0.25) is 4.79 Å². The molecular weight excluding hydrogens is 534 g/mol. The Balaban J connectivity index is 1.26. The largest absolute Gasteiger partial charge is 0.473 e. The number of ether oxygens (including phenoxy) is 2. The summed E-state index contributed by atoms with van der Waals surface area (Å²) >= 11 is 0. The van der Waals surface area contributed by atoms with E-state index in [1.807, 2.05) is 58.3 Å². The second-order valence-corrected chi connectivity index (χ2v) is 12.5. The maximum atomic E-state index is 12.5. The molecule has 0 spiro atoms. The number of nitriles is 1. The molecule has 6 rings (SSSR count). The van der Waals surface area contributed by atoms with Crippen LogP contribution in [0.4, 0.5) is 10.5 Å². The summed E-state index contributed by atoms with van der Waals surface area (Å²) in [6.45, 7) is 10.4. The van der Waals surface area contributed by atoms with Crippen molar-refractivity contribution in [1.82, 2.24) is 24.8 Å². The molecule has 0 radical (unpaired) electrons. The Hall–Kier alpha value is -4.33. The Morgan fingerprint density at radius 3 is 2.57 bits per heavy atom. The second kappa shape index (κ2) is 10.8. The van der Waals surface area contributed by atoms with E-state index in [9.17, 15) is 14.9 Å². The van der Waals surface area contributed by atoms with Crippen LogP contribution in [0.1, 0.15) is 58.6 Å². The van der Waals surface area contributed by atoms with Crippen molar-refractivity contribution in [2.24, 2.45) is 5.92 Å². The minimum Gasteiger partial charge on any atom is -0.473 e. The second-order valence-electron chi connectivity index (χ2n) is 12.5. The van der Waals surface area contributed by atoms with Crippen LogP contribution in [0.5, 0.6) is 5.88 Å². The fourth-order valence-electron chi connectivity index (χ4n) is 5.63. The normalized spacial score (nSPS) is 19.9. The fraction of sp³-hybridized carbons (Fsp3) is 0.516. The van der Waals surface area contributed by atoms with Crippen LogP contribution in [0, 0.1) is 17.2 Å². The van der Waals surface area contributed by atoms with Gasteiger partial charge in [0, 0.05) is 56.7 Å². The van der Waals surface area contributed by atoms with Gasteiger partial charge in [-0.15, -0.1) is 0 Å². The number of pyridine rings is 1. The molecule has 220 valence electrons. The van der Waals surface area contributed by atoms with Crippen LogP contribution in [-0.4, -0.2) is 75.9 Å². The van der Waals surface area contributed by atoms with Crippen LogP contribution >= 0.6 is 0 Å². The van der Waals surface area contributed by atoms with Gasteiger partial charge in [0.2, 0.25) is 11.8 Å². The van der Waals surface area contributed by atoms with E-state index in [2.05, 4.69) is 25.8 Å². The molecule has 11 nitrogen and oxygen atoms in total. The molecule has 3 aliphatic rings. The van der Waals surface area contributed by atoms with E-state index in [-0.39, 0.29) is 24.0 Å². The first-order valence-corrected chi connectivity index (χ1v) is 14.7. The summed E-state index contributed by atoms with van der Waals surface area (Å²) in [5.41, 5.74) is 3.94. The average Bonchev–Trinajstić information content (AvgIpc) is 3.56. The lowest BCUT2D eigenvalue weighted by molar-refractivity contribution is -0.119. The number of carbonyl (C=O) groups is 2. The third kappa shape index (κ3) is 5.71. The molecule has 2 saturated heterocycles. The van der Waals surface area contributed by atoms with E-state index in [1.54, 1.807) is 4.90 Å². The average molecular weight is 572 g/mol. The van der Waals surface area contributed by atoms with E-state index in [0.717, 1.165) is 35.1 Å². The monoisotopic (exact) mass is 571 g/mol. The number of nitrogens with one attached hydrogen (secondary N) is 1. The van der Waals surface area contributed by atoms with Gasteiger partial charge in [-0.1, -0.05) is 6.07 Å². The number of piperazine rings is 1. The summed E-state index contributed by atoms with van der Waals surface area (Å²) in [6, 6.07) is 10.5. The number of hydrogen-bond acceptors (Lipinski definition) is 8. The highest BCUT2D eigenvalue weighted by Gasteiger charge is 2.32. The number of benzene rings is 1. The summed E-state index contributed by atoms with van der Waals surface area (Å²) in [6.07, 6.45) is 3.96. The van der Waals surface area contributed by atoms with Crippen LogP contribution in [0.2, 0.25) is 0 Å². The van der Waals surface area contributed by atoms with Crippen molar-refractivity contribution in [2.75, 3.05) is 37.6 Å². The number of amides is 2. The lowest BCUT2D eigenvalue weighted by Gasteiger charge is -2.37. The summed E-state index contributed by atoms with van der Waals surface area (Å²) in [5.74, 6) is 0.607. The highest BCUT2D eigenvalue weighted by atomic mass is 16.6. The van der Waals surface area contributed by atoms with Gasteiger partial charge in [0.15, 0.2) is 0 Å². The first-order valence-electron chi connectivity index (χ1n) is 14.7. The van der Waals surface area contributed by atoms with Crippen molar-refractivity contribution >= 4 is 28.7 Å². The van der Waals surface area contributed by atoms with Crippen LogP contribution in [-0.2, 0) is 9.53 Å². The summed E-state index contributed by atoms with van der Waals surface area (Å²) < 4.78 is 14.1. The number of imidazole rings is 1. The molecule has 1 N–H and O–H groups in total. The first kappa shape index (κ1) is 27.8. The third-order valence-electron chi connectivity index (χ3n) is 8.12. The van der Waals surface area contributed by atoms with Crippen molar-refractivity contribution in [1.29, 1.82) is 5.26 Å². The molecule has 1 saturated carbocycles. The SMILES string of the molecule is CC(Oc1nc(-c2ccc(N3CCN(C(=O)OC(C)(C)C)CC3)c(C#N)c2)cc2ncn(C3CC3)c12)C1CNC(=O)C1. The zero-order chi connectivity index (χ0) is 29.6. The molecule has 2 aromatic heterocycles. The standard InChI is InChI=1S/C31H37N7O4/c1-19(22-14-27(39)33-17-22)41-29-28-25(34-18-38(28)23-6-7-23)15-24(35-29)20-5-8-26(21(13-20)16-32)36-9-11-37(12-10-36)30(40)42-31(2,3)4/h5,8,13,15,18-19,22-23H,6-7,9-12,14,17H2,1-4H3,(H,33,39). The quantitative estimate of drug-likeness (QED) is 0.465. The van der Waals surface area contributed by atoms with E-state index < -0.39 is 5.60 Å². The zero-order valence-corrected chi connectivity index (χ0v) is 24.6. The number of anilines is 1. The van der Waals surface area contributed by atoms with Crippen LogP contribution in [0.25, 0.3) is 22.3 Å². The molecule has 4 heterocycles. The third-order valence-corrected chi connectivity index (χ3v) is 8.12. The molecule has 2 atom stereocenters. The van der Waals surface area contributed by atoms with Crippen LogP contribution in [0.3, 0.4) is 0 Å². The van der Waals surface area contributed by atoms with Gasteiger partial charge in [-0.05, 0) is 58.7 Å². The van der Waals surface area contributed by atoms with Crippen molar-refractivity contribution < 1.29 is 19.1 Å². The van der Waals surface area contributed by atoms with Crippen molar-refractivity contribution in [2.45, 2.75) is 64.7 Å². The van der Waals surface area contributed by atoms with Crippen molar-refractivity contribution in [3.63, 3.8) is 0 Å². The molecule has 2 unspecified atom stereocenters. The number of carbonyl (C=O) groups excluding carboxylic acids is 2. The van der Waals surface area contributed by atoms with Gasteiger partial charge in [0.25, 0.3) is 0 Å². The molecule has 11 heteroatoms. The molecule has 3 aromatic rings. The lowest BCUT2D eigenvalue weighted by atomic mass is 10.0. The lowest BCUT2D eigenvalue weighted by Crippen LogP contribution is -2.50. The molecule has 1 aliphatic carbocycles. The Morgan fingerprint density at radius 2 is 1.93 bits per heavy atom. The van der Waals surface area contributed by atoms with Gasteiger partial charge in [0.05, 0.1) is 28.8 Å². The Bertz CT molecular complexity index is 1560. The molecule has 1 aromatic carbocycles. The molecule has 42 heavy (non-hydrogen) atoms. The minimum atomic E-state index is -0.541. The Labute approximate surface area is 245 Å². The number of aromatic nitrogens is 3. The van der Waals surface area contributed by atoms with Gasteiger partial charge in [0.1, 0.15) is 23.3 Å². The van der Waals surface area contributed by atoms with Gasteiger partial charge in [-0.25, -0.2) is 14.8 Å². The topological polar surface area (TPSA) is 126 Å². The highest BCUT2D eigenvalue weighted by Crippen LogP contribution is 2.41. The Morgan fingerprint density at radius 1 is 1.17 bits per heavy atom. The predicted octanol–water partition coefficient (Wildman–Crippen LogP) is 4.27. The van der Waals surface area contributed by atoms with Crippen LogP contribution in [0.15, 0.2) is 30.6 Å². The Kier molecular flexibility index (Phi) is 7.17. The number of nitrogens with zero attached hydrogens (tertiary/aromatic N) is 6. The van der Waals surface area contributed by atoms with Crippen molar-refractivity contribution in [3.8, 4) is 23.2 Å². The molecule has 2 amide bonds. The number of hydrogen-bond donors (Lipinski definition) is 1. The van der Waals surface area contributed by atoms with Gasteiger partial charge < -0.3 is 29.2 Å². The van der Waals surface area contributed by atoms with E-state index in [4.69, 9.17) is 14.5 Å². The highest BCUT2D eigenvalue weighted by molar-refractivity contribution is 5.85. The first-order chi connectivity index (χ1) is 20.1. The predicted molar refractivity (Wildman–Crippen MR) is 157 cm³/mol. The van der Waals surface area contributed by atoms with Crippen molar-refractivity contribution in [3.05, 3.63) is 36.2 Å². The smallest absolute Gasteiger partial charge is 0.410 e. The fourth-order valence-corrected chi connectivity index (χ4v) is 5.63. The molecule has 3 fully saturated rings. The zero-order valence-electron chi connectivity index (χ0n) is 24.6.